The standard InChI is InChI=1S/C14H18N2O4/c1-14(6-8-20-9-7-14)16-13(19)15-11-5-3-2-4-10(11)12(17)18/h2-5H,6-9H2,1H3,(H,17,18)(H2,15,16,19). The van der Waals surface area contributed by atoms with Crippen LogP contribution in [0.15, 0.2) is 24.3 Å². The molecule has 108 valence electrons. The van der Waals surface area contributed by atoms with Gasteiger partial charge in [-0.15, -0.1) is 0 Å². The Kier molecular flexibility index (Phi) is 4.24. The van der Waals surface area contributed by atoms with Crippen molar-refractivity contribution in [1.29, 1.82) is 0 Å². The minimum Gasteiger partial charge on any atom is -0.478 e. The maximum Gasteiger partial charge on any atom is 0.337 e. The summed E-state index contributed by atoms with van der Waals surface area (Å²) < 4.78 is 5.27. The number of hydrogen-bond acceptors (Lipinski definition) is 3. The Balaban J connectivity index is 2.03. The van der Waals surface area contributed by atoms with Crippen LogP contribution in [0, 0.1) is 0 Å². The molecule has 1 aliphatic rings. The number of carbonyl (C=O) groups is 2. The second kappa shape index (κ2) is 5.92. The Morgan fingerprint density at radius 1 is 1.25 bits per heavy atom. The summed E-state index contributed by atoms with van der Waals surface area (Å²) in [6.07, 6.45) is 1.47. The van der Waals surface area contributed by atoms with E-state index in [2.05, 4.69) is 10.6 Å². The topological polar surface area (TPSA) is 87.7 Å². The van der Waals surface area contributed by atoms with E-state index >= 15 is 0 Å². The molecule has 1 heterocycles. The van der Waals surface area contributed by atoms with Gasteiger partial charge in [-0.3, -0.25) is 0 Å². The zero-order chi connectivity index (χ0) is 14.6. The van der Waals surface area contributed by atoms with Gasteiger partial charge in [-0.1, -0.05) is 12.1 Å². The number of rotatable bonds is 3. The van der Waals surface area contributed by atoms with Crippen molar-refractivity contribution in [3.63, 3.8) is 0 Å². The average Bonchev–Trinajstić information content (AvgIpc) is 2.39. The summed E-state index contributed by atoms with van der Waals surface area (Å²) in [5.74, 6) is -1.07. The van der Waals surface area contributed by atoms with E-state index in [1.165, 1.54) is 6.07 Å². The Labute approximate surface area is 117 Å². The van der Waals surface area contributed by atoms with Crippen LogP contribution in [0.2, 0.25) is 0 Å². The first-order valence-corrected chi connectivity index (χ1v) is 6.49. The summed E-state index contributed by atoms with van der Waals surface area (Å²) in [7, 11) is 0. The fraction of sp³-hybridized carbons (Fsp3) is 0.429. The zero-order valence-corrected chi connectivity index (χ0v) is 11.3. The molecule has 3 N–H and O–H groups in total. The Bertz CT molecular complexity index is 510. The number of benzene rings is 1. The molecule has 1 saturated heterocycles. The van der Waals surface area contributed by atoms with Gasteiger partial charge in [0.05, 0.1) is 11.3 Å². The Hall–Kier alpha value is -2.08. The van der Waals surface area contributed by atoms with Crippen molar-refractivity contribution in [2.45, 2.75) is 25.3 Å². The minimum atomic E-state index is -1.07. The molecule has 0 bridgehead atoms. The summed E-state index contributed by atoms with van der Waals surface area (Å²) >= 11 is 0. The van der Waals surface area contributed by atoms with E-state index in [4.69, 9.17) is 9.84 Å². The van der Waals surface area contributed by atoms with Crippen LogP contribution in [-0.2, 0) is 4.74 Å². The summed E-state index contributed by atoms with van der Waals surface area (Å²) in [4.78, 5) is 23.1. The van der Waals surface area contributed by atoms with Crippen molar-refractivity contribution in [2.24, 2.45) is 0 Å². The van der Waals surface area contributed by atoms with E-state index in [-0.39, 0.29) is 16.8 Å². The molecule has 0 spiro atoms. The van der Waals surface area contributed by atoms with Crippen molar-refractivity contribution in [2.75, 3.05) is 18.5 Å². The molecule has 1 aliphatic heterocycles. The van der Waals surface area contributed by atoms with Crippen LogP contribution in [0.4, 0.5) is 10.5 Å². The number of nitrogens with one attached hydrogen (secondary N) is 2. The fourth-order valence-electron chi connectivity index (χ4n) is 2.15. The van der Waals surface area contributed by atoms with Crippen molar-refractivity contribution < 1.29 is 19.4 Å². The summed E-state index contributed by atoms with van der Waals surface area (Å²) in [6.45, 7) is 3.18. The van der Waals surface area contributed by atoms with E-state index in [1.807, 2.05) is 6.92 Å². The van der Waals surface area contributed by atoms with Gasteiger partial charge in [0.15, 0.2) is 0 Å². The highest BCUT2D eigenvalue weighted by atomic mass is 16.5. The Morgan fingerprint density at radius 3 is 2.55 bits per heavy atom. The first kappa shape index (κ1) is 14.3. The molecule has 0 aromatic heterocycles. The molecule has 2 rings (SSSR count). The summed E-state index contributed by atoms with van der Waals surface area (Å²) in [5.41, 5.74) is 0.0356. The molecule has 0 saturated carbocycles. The highest BCUT2D eigenvalue weighted by Crippen LogP contribution is 2.20. The number of anilines is 1. The summed E-state index contributed by atoms with van der Waals surface area (Å²) in [5, 5.41) is 14.5. The van der Waals surface area contributed by atoms with Crippen LogP contribution in [0.1, 0.15) is 30.1 Å². The molecule has 6 nitrogen and oxygen atoms in total. The SMILES string of the molecule is CC1(NC(=O)Nc2ccccc2C(=O)O)CCOCC1. The maximum absolute atomic E-state index is 12.0. The van der Waals surface area contributed by atoms with Gasteiger partial charge >= 0.3 is 12.0 Å². The number of ether oxygens (including phenoxy) is 1. The molecular formula is C14H18N2O4. The number of hydrogen-bond donors (Lipinski definition) is 3. The molecule has 1 fully saturated rings. The molecule has 0 radical (unpaired) electrons. The lowest BCUT2D eigenvalue weighted by atomic mass is 9.93. The number of carboxylic acids is 1. The molecule has 20 heavy (non-hydrogen) atoms. The number of carboxylic acid groups (broad SMARTS) is 1. The number of amides is 2. The molecule has 0 unspecified atom stereocenters. The third-order valence-electron chi connectivity index (χ3n) is 3.42. The molecule has 2 amide bonds. The first-order valence-electron chi connectivity index (χ1n) is 6.49. The molecular weight excluding hydrogens is 260 g/mol. The third-order valence-corrected chi connectivity index (χ3v) is 3.42. The van der Waals surface area contributed by atoms with Crippen LogP contribution in [-0.4, -0.2) is 35.9 Å². The van der Waals surface area contributed by atoms with Gasteiger partial charge in [0.25, 0.3) is 0 Å². The zero-order valence-electron chi connectivity index (χ0n) is 11.3. The van der Waals surface area contributed by atoms with Crippen molar-refractivity contribution in [1.82, 2.24) is 5.32 Å². The van der Waals surface area contributed by atoms with Gasteiger partial charge in [0, 0.05) is 18.8 Å². The predicted molar refractivity (Wildman–Crippen MR) is 74.0 cm³/mol. The largest absolute Gasteiger partial charge is 0.478 e. The number of para-hydroxylation sites is 1. The van der Waals surface area contributed by atoms with Crippen molar-refractivity contribution in [3.05, 3.63) is 29.8 Å². The van der Waals surface area contributed by atoms with Gasteiger partial charge in [-0.2, -0.15) is 0 Å². The predicted octanol–water partition coefficient (Wildman–Crippen LogP) is 2.08. The number of urea groups is 1. The maximum atomic E-state index is 12.0. The van der Waals surface area contributed by atoms with Gasteiger partial charge < -0.3 is 20.5 Å². The van der Waals surface area contributed by atoms with Crippen molar-refractivity contribution >= 4 is 17.7 Å². The first-order chi connectivity index (χ1) is 9.50. The molecule has 1 aromatic rings. The molecule has 0 atom stereocenters. The number of aromatic carboxylic acids is 1. The Morgan fingerprint density at radius 2 is 1.90 bits per heavy atom. The smallest absolute Gasteiger partial charge is 0.337 e. The number of carbonyl (C=O) groups excluding carboxylic acids is 1. The van der Waals surface area contributed by atoms with Gasteiger partial charge in [-0.05, 0) is 31.9 Å². The molecule has 1 aromatic carbocycles. The average molecular weight is 278 g/mol. The van der Waals surface area contributed by atoms with E-state index in [1.54, 1.807) is 18.2 Å². The van der Waals surface area contributed by atoms with E-state index < -0.39 is 12.0 Å². The van der Waals surface area contributed by atoms with Gasteiger partial charge in [-0.25, -0.2) is 9.59 Å². The third kappa shape index (κ3) is 3.48. The van der Waals surface area contributed by atoms with Crippen LogP contribution in [0.25, 0.3) is 0 Å². The van der Waals surface area contributed by atoms with Gasteiger partial charge in [0.2, 0.25) is 0 Å². The second-order valence-corrected chi connectivity index (χ2v) is 5.10. The lowest BCUT2D eigenvalue weighted by Gasteiger charge is -2.34. The highest BCUT2D eigenvalue weighted by molar-refractivity contribution is 6.00. The fourth-order valence-corrected chi connectivity index (χ4v) is 2.15. The second-order valence-electron chi connectivity index (χ2n) is 5.10. The highest BCUT2D eigenvalue weighted by Gasteiger charge is 2.29. The lowest BCUT2D eigenvalue weighted by molar-refractivity contribution is 0.0499. The van der Waals surface area contributed by atoms with Gasteiger partial charge in [0.1, 0.15) is 0 Å². The van der Waals surface area contributed by atoms with Crippen LogP contribution in [0.5, 0.6) is 0 Å². The van der Waals surface area contributed by atoms with Crippen LogP contribution in [0.3, 0.4) is 0 Å². The monoisotopic (exact) mass is 278 g/mol. The minimum absolute atomic E-state index is 0.0692. The van der Waals surface area contributed by atoms with Crippen LogP contribution >= 0.6 is 0 Å². The quantitative estimate of drug-likeness (QED) is 0.790. The normalized spacial score (nSPS) is 17.2. The van der Waals surface area contributed by atoms with Crippen molar-refractivity contribution in [3.8, 4) is 0 Å². The molecule has 6 heteroatoms. The van der Waals surface area contributed by atoms with E-state index in [0.717, 1.165) is 12.8 Å². The van der Waals surface area contributed by atoms with E-state index in [0.29, 0.717) is 13.2 Å². The van der Waals surface area contributed by atoms with Crippen LogP contribution < -0.4 is 10.6 Å². The summed E-state index contributed by atoms with van der Waals surface area (Å²) in [6, 6.07) is 5.91. The lowest BCUT2D eigenvalue weighted by Crippen LogP contribution is -2.51. The molecule has 0 aliphatic carbocycles. The van der Waals surface area contributed by atoms with E-state index in [9.17, 15) is 9.59 Å².